The molecule has 0 aliphatic rings. The third-order valence-electron chi connectivity index (χ3n) is 3.00. The van der Waals surface area contributed by atoms with Gasteiger partial charge in [0.25, 0.3) is 0 Å². The highest BCUT2D eigenvalue weighted by Gasteiger charge is 2.16. The standard InChI is InChI=1S/C14H23FN2/c1-3-7-12(2)17(11-6-10-16)14-9-5-4-8-13(14)15/h4-5,8-9,12H,3,6-7,10-11,16H2,1-2H3. The molecular weight excluding hydrogens is 215 g/mol. The minimum atomic E-state index is -0.146. The van der Waals surface area contributed by atoms with E-state index in [1.165, 1.54) is 6.07 Å². The fraction of sp³-hybridized carbons (Fsp3) is 0.571. The van der Waals surface area contributed by atoms with E-state index in [1.54, 1.807) is 6.07 Å². The maximum absolute atomic E-state index is 13.8. The van der Waals surface area contributed by atoms with E-state index in [9.17, 15) is 4.39 Å². The summed E-state index contributed by atoms with van der Waals surface area (Å²) in [7, 11) is 0. The minimum absolute atomic E-state index is 0.146. The van der Waals surface area contributed by atoms with Gasteiger partial charge in [-0.25, -0.2) is 4.39 Å². The zero-order valence-electron chi connectivity index (χ0n) is 10.8. The van der Waals surface area contributed by atoms with E-state index in [1.807, 2.05) is 12.1 Å². The molecule has 0 aromatic heterocycles. The average Bonchev–Trinajstić information content (AvgIpc) is 2.32. The van der Waals surface area contributed by atoms with Crippen molar-refractivity contribution in [2.24, 2.45) is 5.73 Å². The molecule has 3 heteroatoms. The van der Waals surface area contributed by atoms with Crippen molar-refractivity contribution in [1.82, 2.24) is 0 Å². The number of hydrogen-bond donors (Lipinski definition) is 1. The molecule has 1 atom stereocenters. The number of anilines is 1. The molecule has 1 unspecified atom stereocenters. The SMILES string of the molecule is CCCC(C)N(CCCN)c1ccccc1F. The van der Waals surface area contributed by atoms with E-state index < -0.39 is 0 Å². The maximum Gasteiger partial charge on any atom is 0.146 e. The predicted molar refractivity (Wildman–Crippen MR) is 71.8 cm³/mol. The van der Waals surface area contributed by atoms with Gasteiger partial charge in [-0.05, 0) is 38.4 Å². The molecule has 0 saturated carbocycles. The van der Waals surface area contributed by atoms with Crippen molar-refractivity contribution in [2.75, 3.05) is 18.0 Å². The van der Waals surface area contributed by atoms with Gasteiger partial charge >= 0.3 is 0 Å². The normalized spacial score (nSPS) is 12.5. The molecule has 96 valence electrons. The highest BCUT2D eigenvalue weighted by Crippen LogP contribution is 2.22. The molecule has 0 spiro atoms. The van der Waals surface area contributed by atoms with E-state index in [4.69, 9.17) is 5.73 Å². The molecule has 0 saturated heterocycles. The number of benzene rings is 1. The van der Waals surface area contributed by atoms with Crippen LogP contribution in [0, 0.1) is 5.82 Å². The summed E-state index contributed by atoms with van der Waals surface area (Å²) in [6, 6.07) is 7.32. The summed E-state index contributed by atoms with van der Waals surface area (Å²) in [5, 5.41) is 0. The van der Waals surface area contributed by atoms with Crippen LogP contribution >= 0.6 is 0 Å². The van der Waals surface area contributed by atoms with Gasteiger partial charge in [-0.1, -0.05) is 25.5 Å². The van der Waals surface area contributed by atoms with Gasteiger partial charge in [-0.3, -0.25) is 0 Å². The second-order valence-electron chi connectivity index (χ2n) is 4.42. The number of nitrogens with zero attached hydrogens (tertiary/aromatic N) is 1. The Balaban J connectivity index is 2.85. The zero-order chi connectivity index (χ0) is 12.7. The molecule has 2 N–H and O–H groups in total. The lowest BCUT2D eigenvalue weighted by atomic mass is 10.1. The smallest absolute Gasteiger partial charge is 0.146 e. The Labute approximate surface area is 104 Å². The molecule has 17 heavy (non-hydrogen) atoms. The minimum Gasteiger partial charge on any atom is -0.366 e. The van der Waals surface area contributed by atoms with Crippen molar-refractivity contribution in [3.63, 3.8) is 0 Å². The third-order valence-corrected chi connectivity index (χ3v) is 3.00. The summed E-state index contributed by atoms with van der Waals surface area (Å²) >= 11 is 0. The number of halogens is 1. The van der Waals surface area contributed by atoms with Crippen LogP contribution in [0.15, 0.2) is 24.3 Å². The van der Waals surface area contributed by atoms with Gasteiger partial charge in [0.05, 0.1) is 5.69 Å². The second-order valence-corrected chi connectivity index (χ2v) is 4.42. The lowest BCUT2D eigenvalue weighted by Crippen LogP contribution is -2.35. The zero-order valence-corrected chi connectivity index (χ0v) is 10.8. The molecule has 1 aromatic rings. The predicted octanol–water partition coefficient (Wildman–Crippen LogP) is 3.17. The van der Waals surface area contributed by atoms with Gasteiger partial charge in [0.1, 0.15) is 5.82 Å². The van der Waals surface area contributed by atoms with E-state index in [0.717, 1.165) is 25.8 Å². The lowest BCUT2D eigenvalue weighted by Gasteiger charge is -2.31. The van der Waals surface area contributed by atoms with Crippen LogP contribution in [0.2, 0.25) is 0 Å². The number of rotatable bonds is 7. The number of nitrogens with two attached hydrogens (primary N) is 1. The third kappa shape index (κ3) is 4.00. The van der Waals surface area contributed by atoms with Crippen LogP contribution in [0.4, 0.5) is 10.1 Å². The van der Waals surface area contributed by atoms with E-state index >= 15 is 0 Å². The molecule has 0 aliphatic heterocycles. The highest BCUT2D eigenvalue weighted by atomic mass is 19.1. The summed E-state index contributed by atoms with van der Waals surface area (Å²) in [4.78, 5) is 2.13. The fourth-order valence-corrected chi connectivity index (χ4v) is 2.10. The highest BCUT2D eigenvalue weighted by molar-refractivity contribution is 5.48. The maximum atomic E-state index is 13.8. The summed E-state index contributed by atoms with van der Waals surface area (Å²) in [5.41, 5.74) is 6.24. The summed E-state index contributed by atoms with van der Waals surface area (Å²) in [6.45, 7) is 5.76. The molecule has 0 radical (unpaired) electrons. The molecule has 2 nitrogen and oxygen atoms in total. The Kier molecular flexibility index (Phi) is 5.98. The monoisotopic (exact) mass is 238 g/mol. The Bertz CT molecular complexity index is 328. The van der Waals surface area contributed by atoms with Gasteiger partial charge in [0.15, 0.2) is 0 Å². The first-order chi connectivity index (χ1) is 8.20. The molecular formula is C14H23FN2. The van der Waals surface area contributed by atoms with Gasteiger partial charge in [-0.15, -0.1) is 0 Å². The molecule has 0 heterocycles. The summed E-state index contributed by atoms with van der Waals surface area (Å²) in [5.74, 6) is -0.146. The summed E-state index contributed by atoms with van der Waals surface area (Å²) < 4.78 is 13.8. The molecule has 1 rings (SSSR count). The van der Waals surface area contributed by atoms with E-state index in [2.05, 4.69) is 18.7 Å². The quantitative estimate of drug-likeness (QED) is 0.790. The van der Waals surface area contributed by atoms with E-state index in [0.29, 0.717) is 18.3 Å². The van der Waals surface area contributed by atoms with Crippen LogP contribution < -0.4 is 10.6 Å². The van der Waals surface area contributed by atoms with Crippen LogP contribution in [0.5, 0.6) is 0 Å². The second kappa shape index (κ2) is 7.28. The first-order valence-electron chi connectivity index (χ1n) is 6.42. The van der Waals surface area contributed by atoms with Gasteiger partial charge in [0, 0.05) is 12.6 Å². The van der Waals surface area contributed by atoms with Crippen LogP contribution in [-0.2, 0) is 0 Å². The fourth-order valence-electron chi connectivity index (χ4n) is 2.10. The molecule has 0 fully saturated rings. The topological polar surface area (TPSA) is 29.3 Å². The van der Waals surface area contributed by atoms with Crippen molar-refractivity contribution >= 4 is 5.69 Å². The van der Waals surface area contributed by atoms with Crippen LogP contribution in [-0.4, -0.2) is 19.1 Å². The van der Waals surface area contributed by atoms with Crippen LogP contribution in [0.3, 0.4) is 0 Å². The van der Waals surface area contributed by atoms with Crippen LogP contribution in [0.1, 0.15) is 33.1 Å². The molecule has 1 aromatic carbocycles. The first-order valence-corrected chi connectivity index (χ1v) is 6.42. The lowest BCUT2D eigenvalue weighted by molar-refractivity contribution is 0.549. The van der Waals surface area contributed by atoms with Gasteiger partial charge in [-0.2, -0.15) is 0 Å². The molecule has 0 bridgehead atoms. The Morgan fingerprint density at radius 1 is 1.35 bits per heavy atom. The van der Waals surface area contributed by atoms with Crippen molar-refractivity contribution in [1.29, 1.82) is 0 Å². The van der Waals surface area contributed by atoms with Crippen molar-refractivity contribution < 1.29 is 4.39 Å². The van der Waals surface area contributed by atoms with E-state index in [-0.39, 0.29) is 5.82 Å². The van der Waals surface area contributed by atoms with Crippen molar-refractivity contribution in [3.05, 3.63) is 30.1 Å². The Morgan fingerprint density at radius 3 is 2.65 bits per heavy atom. The largest absolute Gasteiger partial charge is 0.366 e. The van der Waals surface area contributed by atoms with Crippen molar-refractivity contribution in [3.8, 4) is 0 Å². The number of hydrogen-bond acceptors (Lipinski definition) is 2. The number of para-hydroxylation sites is 1. The Hall–Kier alpha value is -1.09. The Morgan fingerprint density at radius 2 is 2.06 bits per heavy atom. The first kappa shape index (κ1) is 14.0. The summed E-state index contributed by atoms with van der Waals surface area (Å²) in [6.07, 6.45) is 3.07. The average molecular weight is 238 g/mol. The molecule has 0 aliphatic carbocycles. The van der Waals surface area contributed by atoms with Crippen molar-refractivity contribution in [2.45, 2.75) is 39.2 Å². The molecule has 0 amide bonds. The van der Waals surface area contributed by atoms with Crippen LogP contribution in [0.25, 0.3) is 0 Å². The van der Waals surface area contributed by atoms with Gasteiger partial charge in [0.2, 0.25) is 0 Å². The van der Waals surface area contributed by atoms with Gasteiger partial charge < -0.3 is 10.6 Å².